The Kier molecular flexibility index (Phi) is 6.57. The van der Waals surface area contributed by atoms with E-state index in [-0.39, 0.29) is 19.0 Å². The largest absolute Gasteiger partial charge is 0.401 e. The fourth-order valence-corrected chi connectivity index (χ4v) is 3.49. The average molecular weight is 360 g/mol. The lowest BCUT2D eigenvalue weighted by molar-refractivity contribution is -0.151. The molecule has 0 spiro atoms. The molecule has 0 N–H and O–H groups in total. The van der Waals surface area contributed by atoms with E-state index in [9.17, 15) is 18.0 Å². The molecule has 1 fully saturated rings. The van der Waals surface area contributed by atoms with Crippen molar-refractivity contribution in [2.45, 2.75) is 36.6 Å². The van der Waals surface area contributed by atoms with Crippen LogP contribution in [0.2, 0.25) is 0 Å². The Morgan fingerprint density at radius 3 is 2.21 bits per heavy atom. The number of hydrogen-bond donors (Lipinski definition) is 0. The topological polar surface area (TPSA) is 23.6 Å². The minimum Gasteiger partial charge on any atom is -0.340 e. The lowest BCUT2D eigenvalue weighted by atomic mass is 10.1. The number of benzene rings is 1. The molecule has 0 aliphatic carbocycles. The van der Waals surface area contributed by atoms with Crippen molar-refractivity contribution in [3.63, 3.8) is 0 Å². The normalized spacial score (nSPS) is 16.7. The van der Waals surface area contributed by atoms with E-state index >= 15 is 0 Å². The summed E-state index contributed by atoms with van der Waals surface area (Å²) >= 11 is 1.77. The lowest BCUT2D eigenvalue weighted by Crippen LogP contribution is -2.51. The smallest absolute Gasteiger partial charge is 0.340 e. The van der Waals surface area contributed by atoms with Crippen molar-refractivity contribution in [2.75, 3.05) is 32.7 Å². The van der Waals surface area contributed by atoms with Crippen molar-refractivity contribution in [1.82, 2.24) is 9.80 Å². The minimum atomic E-state index is -4.18. The predicted octanol–water partition coefficient (Wildman–Crippen LogP) is 3.44. The fourth-order valence-electron chi connectivity index (χ4n) is 2.65. The van der Waals surface area contributed by atoms with Crippen molar-refractivity contribution in [3.05, 3.63) is 29.8 Å². The highest BCUT2D eigenvalue weighted by Crippen LogP contribution is 2.23. The number of alkyl halides is 3. The van der Waals surface area contributed by atoms with Crippen LogP contribution in [0.4, 0.5) is 13.2 Å². The monoisotopic (exact) mass is 360 g/mol. The molecule has 1 saturated heterocycles. The summed E-state index contributed by atoms with van der Waals surface area (Å²) in [5.74, 6) is -0.0223. The molecular weight excluding hydrogens is 337 g/mol. The van der Waals surface area contributed by atoms with E-state index in [0.717, 1.165) is 5.56 Å². The van der Waals surface area contributed by atoms with Gasteiger partial charge >= 0.3 is 6.18 Å². The van der Waals surface area contributed by atoms with Gasteiger partial charge in [-0.3, -0.25) is 9.69 Å². The number of carbonyl (C=O) groups is 1. The molecule has 1 amide bonds. The molecule has 0 atom stereocenters. The Balaban J connectivity index is 1.81. The van der Waals surface area contributed by atoms with Crippen LogP contribution < -0.4 is 0 Å². The second-order valence-corrected chi connectivity index (χ2v) is 7.91. The van der Waals surface area contributed by atoms with Crippen molar-refractivity contribution < 1.29 is 18.0 Å². The van der Waals surface area contributed by atoms with Gasteiger partial charge in [0.1, 0.15) is 0 Å². The summed E-state index contributed by atoms with van der Waals surface area (Å²) in [6, 6.07) is 7.91. The number of thioether (sulfide) groups is 1. The number of piperazine rings is 1. The molecule has 1 aromatic carbocycles. The molecule has 24 heavy (non-hydrogen) atoms. The van der Waals surface area contributed by atoms with Crippen LogP contribution in [0, 0.1) is 0 Å². The van der Waals surface area contributed by atoms with Crippen LogP contribution in [-0.2, 0) is 11.2 Å². The highest BCUT2D eigenvalue weighted by atomic mass is 32.2. The molecular formula is C17H23F3N2OS. The maximum atomic E-state index is 12.4. The van der Waals surface area contributed by atoms with E-state index < -0.39 is 12.7 Å². The van der Waals surface area contributed by atoms with Crippen LogP contribution in [-0.4, -0.2) is 59.9 Å². The van der Waals surface area contributed by atoms with E-state index in [1.807, 2.05) is 24.3 Å². The van der Waals surface area contributed by atoms with E-state index in [1.54, 1.807) is 16.7 Å². The van der Waals surface area contributed by atoms with Crippen molar-refractivity contribution >= 4 is 17.7 Å². The Labute approximate surface area is 145 Å². The molecule has 3 nitrogen and oxygen atoms in total. The highest BCUT2D eigenvalue weighted by Gasteiger charge is 2.32. The van der Waals surface area contributed by atoms with Gasteiger partial charge in [-0.05, 0) is 17.7 Å². The summed E-state index contributed by atoms with van der Waals surface area (Å²) < 4.78 is 37.1. The number of hydrogen-bond acceptors (Lipinski definition) is 3. The first kappa shape index (κ1) is 19.1. The fraction of sp³-hybridized carbons (Fsp3) is 0.588. The van der Waals surface area contributed by atoms with Gasteiger partial charge in [0.25, 0.3) is 0 Å². The standard InChI is InChI=1S/C17H23F3N2OS/c1-13(2)24-15-5-3-14(4-6-15)11-16(23)22-9-7-21(8-10-22)12-17(18,19)20/h3-6,13H,7-12H2,1-2H3. The van der Waals surface area contributed by atoms with Gasteiger partial charge in [0, 0.05) is 36.3 Å². The van der Waals surface area contributed by atoms with Gasteiger partial charge in [-0.25, -0.2) is 0 Å². The van der Waals surface area contributed by atoms with E-state index in [4.69, 9.17) is 0 Å². The first-order chi connectivity index (χ1) is 11.2. The minimum absolute atomic E-state index is 0.0223. The second kappa shape index (κ2) is 8.25. The van der Waals surface area contributed by atoms with Gasteiger partial charge in [-0.1, -0.05) is 26.0 Å². The number of carbonyl (C=O) groups excluding carboxylic acids is 1. The highest BCUT2D eigenvalue weighted by molar-refractivity contribution is 7.99. The van der Waals surface area contributed by atoms with Crippen molar-refractivity contribution in [1.29, 1.82) is 0 Å². The van der Waals surface area contributed by atoms with Crippen LogP contribution >= 0.6 is 11.8 Å². The summed E-state index contributed by atoms with van der Waals surface area (Å²) in [5.41, 5.74) is 0.936. The molecule has 1 heterocycles. The molecule has 0 bridgehead atoms. The third-order valence-electron chi connectivity index (χ3n) is 3.78. The molecule has 0 unspecified atom stereocenters. The summed E-state index contributed by atoms with van der Waals surface area (Å²) in [6.07, 6.45) is -3.88. The maximum Gasteiger partial charge on any atom is 0.401 e. The average Bonchev–Trinajstić information content (AvgIpc) is 2.48. The Hall–Kier alpha value is -1.21. The first-order valence-electron chi connectivity index (χ1n) is 8.05. The maximum absolute atomic E-state index is 12.4. The SMILES string of the molecule is CC(C)Sc1ccc(CC(=O)N2CCN(CC(F)(F)F)CC2)cc1. The number of amides is 1. The van der Waals surface area contributed by atoms with Crippen LogP contribution in [0.1, 0.15) is 19.4 Å². The molecule has 1 aromatic rings. The summed E-state index contributed by atoms with van der Waals surface area (Å²) in [5, 5.41) is 0.505. The van der Waals surface area contributed by atoms with Crippen LogP contribution in [0.25, 0.3) is 0 Å². The molecule has 134 valence electrons. The Bertz CT molecular complexity index is 538. The quantitative estimate of drug-likeness (QED) is 0.752. The van der Waals surface area contributed by atoms with Crippen molar-refractivity contribution in [3.8, 4) is 0 Å². The summed E-state index contributed by atoms with van der Waals surface area (Å²) in [6.45, 7) is 4.61. The first-order valence-corrected chi connectivity index (χ1v) is 8.93. The van der Waals surface area contributed by atoms with Gasteiger partial charge in [0.15, 0.2) is 0 Å². The van der Waals surface area contributed by atoms with Crippen molar-refractivity contribution in [2.24, 2.45) is 0 Å². The molecule has 1 aliphatic heterocycles. The van der Waals surface area contributed by atoms with E-state index in [0.29, 0.717) is 24.8 Å². The third-order valence-corrected chi connectivity index (χ3v) is 4.79. The number of halogens is 3. The molecule has 7 heteroatoms. The van der Waals surface area contributed by atoms with Crippen LogP contribution in [0.5, 0.6) is 0 Å². The van der Waals surface area contributed by atoms with E-state index in [2.05, 4.69) is 13.8 Å². The zero-order chi connectivity index (χ0) is 17.7. The van der Waals surface area contributed by atoms with Crippen LogP contribution in [0.3, 0.4) is 0 Å². The Morgan fingerprint density at radius 2 is 1.71 bits per heavy atom. The summed E-state index contributed by atoms with van der Waals surface area (Å²) in [7, 11) is 0. The van der Waals surface area contributed by atoms with Gasteiger partial charge in [-0.2, -0.15) is 13.2 Å². The molecule has 0 aromatic heterocycles. The molecule has 0 radical (unpaired) electrons. The zero-order valence-electron chi connectivity index (χ0n) is 14.0. The molecule has 2 rings (SSSR count). The molecule has 0 saturated carbocycles. The third kappa shape index (κ3) is 6.36. The lowest BCUT2D eigenvalue weighted by Gasteiger charge is -2.35. The number of rotatable bonds is 5. The van der Waals surface area contributed by atoms with Gasteiger partial charge < -0.3 is 4.90 Å². The molecule has 1 aliphatic rings. The van der Waals surface area contributed by atoms with Gasteiger partial charge in [-0.15, -0.1) is 11.8 Å². The van der Waals surface area contributed by atoms with Crippen LogP contribution in [0.15, 0.2) is 29.2 Å². The number of nitrogens with zero attached hydrogens (tertiary/aromatic N) is 2. The zero-order valence-corrected chi connectivity index (χ0v) is 14.8. The Morgan fingerprint density at radius 1 is 1.12 bits per heavy atom. The predicted molar refractivity (Wildman–Crippen MR) is 90.2 cm³/mol. The van der Waals surface area contributed by atoms with Gasteiger partial charge in [0.2, 0.25) is 5.91 Å². The van der Waals surface area contributed by atoms with Gasteiger partial charge in [0.05, 0.1) is 13.0 Å². The summed E-state index contributed by atoms with van der Waals surface area (Å²) in [4.78, 5) is 16.5. The van der Waals surface area contributed by atoms with E-state index in [1.165, 1.54) is 9.80 Å². The second-order valence-electron chi connectivity index (χ2n) is 6.26.